The Balaban J connectivity index is 4.69. The van der Waals surface area contributed by atoms with Gasteiger partial charge < -0.3 is 26.2 Å². The first kappa shape index (κ1) is 37.7. The van der Waals surface area contributed by atoms with Crippen LogP contribution in [0.15, 0.2) is 36.5 Å². The molecule has 0 bridgehead atoms. The highest BCUT2D eigenvalue weighted by atomic mass is 31.2. The Morgan fingerprint density at radius 3 is 2.08 bits per heavy atom. The topological polar surface area (TPSA) is 151 Å². The van der Waals surface area contributed by atoms with Crippen molar-refractivity contribution in [1.82, 2.24) is 5.32 Å². The maximum Gasteiger partial charge on any atom is 0.472 e. The molecular formula is C29H55N2O7P. The number of rotatable bonds is 26. The second-order valence-corrected chi connectivity index (χ2v) is 11.2. The molecule has 0 radical (unpaired) electrons. The van der Waals surface area contributed by atoms with Crippen LogP contribution in [0, 0.1) is 0 Å². The maximum atomic E-state index is 12.6. The second kappa shape index (κ2) is 25.6. The molecule has 0 aromatic carbocycles. The Labute approximate surface area is 236 Å². The van der Waals surface area contributed by atoms with Crippen molar-refractivity contribution in [3.05, 3.63) is 36.5 Å². The number of nitrogens with one attached hydrogen (secondary N) is 1. The number of hydrogen-bond acceptors (Lipinski definition) is 7. The van der Waals surface area contributed by atoms with Crippen LogP contribution in [-0.4, -0.2) is 59.0 Å². The zero-order chi connectivity index (χ0) is 29.2. The van der Waals surface area contributed by atoms with E-state index >= 15 is 0 Å². The molecule has 4 atom stereocenters. The fourth-order valence-corrected chi connectivity index (χ4v) is 4.44. The highest BCUT2D eigenvalue weighted by molar-refractivity contribution is 7.47. The summed E-state index contributed by atoms with van der Waals surface area (Å²) in [6.07, 6.45) is 22.6. The zero-order valence-corrected chi connectivity index (χ0v) is 25.1. The number of aliphatic hydroxyl groups excluding tert-OH is 2. The molecule has 228 valence electrons. The smallest absolute Gasteiger partial charge is 0.393 e. The summed E-state index contributed by atoms with van der Waals surface area (Å²) in [7, 11) is -4.39. The zero-order valence-electron chi connectivity index (χ0n) is 24.2. The Kier molecular flexibility index (Phi) is 24.8. The van der Waals surface area contributed by atoms with Gasteiger partial charge in [0.25, 0.3) is 0 Å². The molecule has 0 aliphatic carbocycles. The molecule has 0 fully saturated rings. The van der Waals surface area contributed by atoms with Crippen molar-refractivity contribution in [2.24, 2.45) is 5.73 Å². The molecule has 6 N–H and O–H groups in total. The van der Waals surface area contributed by atoms with Crippen LogP contribution in [-0.2, 0) is 18.4 Å². The van der Waals surface area contributed by atoms with E-state index in [0.29, 0.717) is 12.8 Å². The van der Waals surface area contributed by atoms with Gasteiger partial charge in [-0.2, -0.15) is 0 Å². The van der Waals surface area contributed by atoms with Crippen molar-refractivity contribution in [1.29, 1.82) is 0 Å². The van der Waals surface area contributed by atoms with Crippen molar-refractivity contribution >= 4 is 13.7 Å². The van der Waals surface area contributed by atoms with Gasteiger partial charge in [-0.1, -0.05) is 88.8 Å². The van der Waals surface area contributed by atoms with E-state index in [1.807, 2.05) is 0 Å². The van der Waals surface area contributed by atoms with Gasteiger partial charge in [-0.15, -0.1) is 0 Å². The van der Waals surface area contributed by atoms with Crippen molar-refractivity contribution in [2.45, 2.75) is 122 Å². The average molecular weight is 575 g/mol. The van der Waals surface area contributed by atoms with Crippen LogP contribution in [0.4, 0.5) is 0 Å². The third-order valence-corrected chi connectivity index (χ3v) is 6.98. The number of phosphoric acid groups is 1. The highest BCUT2D eigenvalue weighted by Crippen LogP contribution is 2.43. The Bertz CT molecular complexity index is 730. The summed E-state index contributed by atoms with van der Waals surface area (Å²) in [5.74, 6) is -0.475. The molecule has 1 amide bonds. The monoisotopic (exact) mass is 574 g/mol. The van der Waals surface area contributed by atoms with Crippen LogP contribution < -0.4 is 11.1 Å². The third kappa shape index (κ3) is 24.2. The summed E-state index contributed by atoms with van der Waals surface area (Å²) < 4.78 is 21.7. The lowest BCUT2D eigenvalue weighted by Gasteiger charge is -2.24. The second-order valence-electron chi connectivity index (χ2n) is 9.78. The molecule has 10 heteroatoms. The van der Waals surface area contributed by atoms with Crippen molar-refractivity contribution in [2.75, 3.05) is 19.8 Å². The average Bonchev–Trinajstić information content (AvgIpc) is 2.90. The molecule has 39 heavy (non-hydrogen) atoms. The number of hydrogen-bond donors (Lipinski definition) is 5. The lowest BCUT2D eigenvalue weighted by molar-refractivity contribution is -0.124. The van der Waals surface area contributed by atoms with Crippen LogP contribution in [0.5, 0.6) is 0 Å². The minimum Gasteiger partial charge on any atom is -0.393 e. The normalized spacial score (nSPS) is 16.2. The molecule has 0 aromatic heterocycles. The van der Waals surface area contributed by atoms with E-state index < -0.39 is 38.6 Å². The van der Waals surface area contributed by atoms with Gasteiger partial charge in [-0.25, -0.2) is 4.57 Å². The summed E-state index contributed by atoms with van der Waals surface area (Å²) in [5, 5.41) is 23.6. The van der Waals surface area contributed by atoms with Crippen molar-refractivity contribution < 1.29 is 33.5 Å². The fourth-order valence-electron chi connectivity index (χ4n) is 3.68. The van der Waals surface area contributed by atoms with Crippen molar-refractivity contribution in [3.63, 3.8) is 0 Å². The predicted molar refractivity (Wildman–Crippen MR) is 158 cm³/mol. The van der Waals surface area contributed by atoms with Gasteiger partial charge in [-0.05, 0) is 44.9 Å². The lowest BCUT2D eigenvalue weighted by Crippen LogP contribution is -2.46. The van der Waals surface area contributed by atoms with E-state index in [9.17, 15) is 24.5 Å². The molecule has 9 nitrogen and oxygen atoms in total. The first-order valence-corrected chi connectivity index (χ1v) is 16.2. The first-order chi connectivity index (χ1) is 18.8. The van der Waals surface area contributed by atoms with Gasteiger partial charge in [0.05, 0.1) is 37.9 Å². The van der Waals surface area contributed by atoms with E-state index in [0.717, 1.165) is 57.8 Å². The predicted octanol–water partition coefficient (Wildman–Crippen LogP) is 5.46. The summed E-state index contributed by atoms with van der Waals surface area (Å²) >= 11 is 0. The fraction of sp³-hybridized carbons (Fsp3) is 0.759. The molecule has 0 saturated heterocycles. The van der Waals surface area contributed by atoms with E-state index in [1.165, 1.54) is 18.9 Å². The van der Waals surface area contributed by atoms with Crippen LogP contribution in [0.1, 0.15) is 104 Å². The quantitative estimate of drug-likeness (QED) is 0.0519. The number of phosphoric ester groups is 1. The number of nitrogens with two attached hydrogens (primary N) is 1. The van der Waals surface area contributed by atoms with Crippen molar-refractivity contribution in [3.8, 4) is 0 Å². The molecule has 0 spiro atoms. The number of unbranched alkanes of at least 4 members (excludes halogenated alkanes) is 8. The molecule has 0 aliphatic heterocycles. The summed E-state index contributed by atoms with van der Waals surface area (Å²) in [4.78, 5) is 22.4. The summed E-state index contributed by atoms with van der Waals surface area (Å²) in [5.41, 5.74) is 5.30. The standard InChI is InChI=1S/C29H55N2O7P/c1-3-5-7-9-11-13-14-16-18-20-26(32)24-29(34)31-27(25-38-39(35,36)37-23-22-30)28(33)21-19-17-15-12-10-8-6-4-2/h9-12,19,21,26-28,32-33H,3-8,13-18,20,22-25,30H2,1-2H3,(H,31,34)(H,35,36)/b11-9-,12-10+,21-19+. The van der Waals surface area contributed by atoms with Gasteiger partial charge in [0.1, 0.15) is 0 Å². The van der Waals surface area contributed by atoms with E-state index in [1.54, 1.807) is 6.08 Å². The number of amides is 1. The van der Waals surface area contributed by atoms with Gasteiger partial charge >= 0.3 is 7.82 Å². The number of carbonyl (C=O) groups is 1. The maximum absolute atomic E-state index is 12.6. The highest BCUT2D eigenvalue weighted by Gasteiger charge is 2.27. The Hall–Kier alpha value is -1.32. The molecule has 0 heterocycles. The van der Waals surface area contributed by atoms with E-state index in [2.05, 4.69) is 43.5 Å². The molecular weight excluding hydrogens is 519 g/mol. The minimum atomic E-state index is -4.39. The first-order valence-electron chi connectivity index (χ1n) is 14.7. The largest absolute Gasteiger partial charge is 0.472 e. The van der Waals surface area contributed by atoms with Crippen LogP contribution >= 0.6 is 7.82 Å². The summed E-state index contributed by atoms with van der Waals surface area (Å²) in [6, 6.07) is -0.998. The molecule has 4 unspecified atom stereocenters. The van der Waals surface area contributed by atoms with Gasteiger partial charge in [0, 0.05) is 6.54 Å². The lowest BCUT2D eigenvalue weighted by atomic mass is 10.1. The van der Waals surface area contributed by atoms with Gasteiger partial charge in [0.2, 0.25) is 5.91 Å². The number of carbonyl (C=O) groups excluding carboxylic acids is 1. The van der Waals surface area contributed by atoms with Crippen LogP contribution in [0.3, 0.4) is 0 Å². The Morgan fingerprint density at radius 1 is 0.872 bits per heavy atom. The molecule has 0 aromatic rings. The molecule has 0 aliphatic rings. The third-order valence-electron chi connectivity index (χ3n) is 5.99. The van der Waals surface area contributed by atoms with Gasteiger partial charge in [-0.3, -0.25) is 13.8 Å². The Morgan fingerprint density at radius 2 is 1.46 bits per heavy atom. The van der Waals surface area contributed by atoms with Crippen LogP contribution in [0.25, 0.3) is 0 Å². The SMILES string of the molecule is CCCC/C=C\CCCCCC(O)CC(=O)NC(COP(=O)(O)OCCN)C(O)/C=C/CC/C=C/CCCC. The van der Waals surface area contributed by atoms with E-state index in [-0.39, 0.29) is 19.6 Å². The molecule has 0 saturated carbocycles. The van der Waals surface area contributed by atoms with E-state index in [4.69, 9.17) is 14.8 Å². The molecule has 0 rings (SSSR count). The number of aliphatic hydroxyl groups is 2. The van der Waals surface area contributed by atoms with Crippen LogP contribution in [0.2, 0.25) is 0 Å². The summed E-state index contributed by atoms with van der Waals surface area (Å²) in [6.45, 7) is 3.75. The number of allylic oxidation sites excluding steroid dienone is 5. The van der Waals surface area contributed by atoms with Gasteiger partial charge in [0.15, 0.2) is 0 Å². The minimum absolute atomic E-state index is 0.0415.